The number of benzene rings is 1. The van der Waals surface area contributed by atoms with Crippen LogP contribution in [0, 0.1) is 11.3 Å². The van der Waals surface area contributed by atoms with Crippen LogP contribution in [0.4, 0.5) is 5.69 Å². The maximum atomic E-state index is 8.85. The van der Waals surface area contributed by atoms with Crippen molar-refractivity contribution in [3.8, 4) is 6.07 Å². The predicted molar refractivity (Wildman–Crippen MR) is 72.5 cm³/mol. The van der Waals surface area contributed by atoms with E-state index < -0.39 is 0 Å². The Bertz CT molecular complexity index is 543. The Morgan fingerprint density at radius 1 is 1.41 bits per heavy atom. The third-order valence-corrected chi connectivity index (χ3v) is 3.54. The molecule has 0 aliphatic heterocycles. The lowest BCUT2D eigenvalue weighted by Crippen LogP contribution is -2.06. The monoisotopic (exact) mass is 262 g/mol. The van der Waals surface area contributed by atoms with Crippen molar-refractivity contribution in [1.82, 2.24) is 0 Å². The number of halogens is 1. The van der Waals surface area contributed by atoms with Gasteiger partial charge in [0.05, 0.1) is 22.3 Å². The van der Waals surface area contributed by atoms with Gasteiger partial charge in [0.2, 0.25) is 0 Å². The summed E-state index contributed by atoms with van der Waals surface area (Å²) in [6.07, 6.45) is 0. The molecule has 0 aliphatic rings. The van der Waals surface area contributed by atoms with Gasteiger partial charge in [0, 0.05) is 6.04 Å². The minimum absolute atomic E-state index is 0.174. The van der Waals surface area contributed by atoms with Crippen molar-refractivity contribution >= 4 is 28.6 Å². The van der Waals surface area contributed by atoms with Gasteiger partial charge in [-0.3, -0.25) is 0 Å². The Morgan fingerprint density at radius 2 is 2.24 bits per heavy atom. The number of anilines is 1. The van der Waals surface area contributed by atoms with Crippen molar-refractivity contribution < 1.29 is 0 Å². The zero-order valence-electron chi connectivity index (χ0n) is 9.27. The topological polar surface area (TPSA) is 35.8 Å². The van der Waals surface area contributed by atoms with Gasteiger partial charge in [-0.15, -0.1) is 0 Å². The van der Waals surface area contributed by atoms with Crippen molar-refractivity contribution in [2.75, 3.05) is 5.32 Å². The first-order valence-electron chi connectivity index (χ1n) is 5.19. The van der Waals surface area contributed by atoms with Gasteiger partial charge in [-0.05, 0) is 47.5 Å². The van der Waals surface area contributed by atoms with E-state index in [1.165, 1.54) is 5.56 Å². The molecule has 0 saturated heterocycles. The molecule has 0 bridgehead atoms. The summed E-state index contributed by atoms with van der Waals surface area (Å²) in [5, 5.41) is 16.9. The smallest absolute Gasteiger partial charge is 0.0992 e. The lowest BCUT2D eigenvalue weighted by atomic mass is 10.1. The molecular formula is C13H11ClN2S. The Kier molecular flexibility index (Phi) is 3.68. The largest absolute Gasteiger partial charge is 0.377 e. The van der Waals surface area contributed by atoms with Gasteiger partial charge in [0.25, 0.3) is 0 Å². The van der Waals surface area contributed by atoms with Crippen LogP contribution in [0.25, 0.3) is 0 Å². The zero-order valence-corrected chi connectivity index (χ0v) is 10.8. The van der Waals surface area contributed by atoms with E-state index in [1.807, 2.05) is 5.38 Å². The summed E-state index contributed by atoms with van der Waals surface area (Å²) >= 11 is 7.75. The van der Waals surface area contributed by atoms with Crippen LogP contribution < -0.4 is 5.32 Å². The second kappa shape index (κ2) is 5.22. The quantitative estimate of drug-likeness (QED) is 0.887. The highest BCUT2D eigenvalue weighted by atomic mass is 35.5. The molecule has 1 heterocycles. The third-order valence-electron chi connectivity index (χ3n) is 2.51. The maximum absolute atomic E-state index is 8.85. The molecule has 2 rings (SSSR count). The summed E-state index contributed by atoms with van der Waals surface area (Å²) in [6.45, 7) is 2.07. The minimum Gasteiger partial charge on any atom is -0.377 e. The molecular weight excluding hydrogens is 252 g/mol. The predicted octanol–water partition coefficient (Wildman–Crippen LogP) is 4.45. The molecule has 1 aromatic heterocycles. The summed E-state index contributed by atoms with van der Waals surface area (Å²) < 4.78 is 0. The molecule has 1 unspecified atom stereocenters. The molecule has 0 spiro atoms. The number of thiophene rings is 1. The van der Waals surface area contributed by atoms with E-state index in [-0.39, 0.29) is 6.04 Å². The normalized spacial score (nSPS) is 11.8. The van der Waals surface area contributed by atoms with E-state index >= 15 is 0 Å². The van der Waals surface area contributed by atoms with Gasteiger partial charge in [-0.2, -0.15) is 16.6 Å². The lowest BCUT2D eigenvalue weighted by Gasteiger charge is -2.15. The lowest BCUT2D eigenvalue weighted by molar-refractivity contribution is 0.890. The van der Waals surface area contributed by atoms with Gasteiger partial charge in [-0.25, -0.2) is 0 Å². The molecule has 1 N–H and O–H groups in total. The van der Waals surface area contributed by atoms with E-state index in [1.54, 1.807) is 29.5 Å². The van der Waals surface area contributed by atoms with Crippen molar-refractivity contribution in [2.45, 2.75) is 13.0 Å². The Labute approximate surface area is 109 Å². The first-order chi connectivity index (χ1) is 8.20. The molecule has 17 heavy (non-hydrogen) atoms. The molecule has 2 aromatic rings. The standard InChI is InChI=1S/C13H11ClN2S/c1-9(11-4-5-17-8-11)16-13-6-10(7-15)2-3-12(13)14/h2-6,8-9,16H,1H3. The van der Waals surface area contributed by atoms with E-state index in [0.29, 0.717) is 10.6 Å². The fourth-order valence-corrected chi connectivity index (χ4v) is 2.47. The van der Waals surface area contributed by atoms with Crippen LogP contribution in [0.3, 0.4) is 0 Å². The van der Waals surface area contributed by atoms with Crippen molar-refractivity contribution in [2.24, 2.45) is 0 Å². The number of nitrogens with zero attached hydrogens (tertiary/aromatic N) is 1. The second-order valence-electron chi connectivity index (χ2n) is 3.73. The third kappa shape index (κ3) is 2.79. The fraction of sp³-hybridized carbons (Fsp3) is 0.154. The van der Waals surface area contributed by atoms with E-state index in [9.17, 15) is 0 Å². The Morgan fingerprint density at radius 3 is 2.88 bits per heavy atom. The van der Waals surface area contributed by atoms with E-state index in [2.05, 4.69) is 29.8 Å². The number of nitriles is 1. The highest BCUT2D eigenvalue weighted by Gasteiger charge is 2.08. The average molecular weight is 263 g/mol. The Hall–Kier alpha value is -1.50. The van der Waals surface area contributed by atoms with Crippen molar-refractivity contribution in [3.63, 3.8) is 0 Å². The molecule has 0 saturated carbocycles. The molecule has 0 amide bonds. The summed E-state index contributed by atoms with van der Waals surface area (Å²) in [6, 6.07) is 9.57. The fourth-order valence-electron chi connectivity index (χ4n) is 1.54. The summed E-state index contributed by atoms with van der Waals surface area (Å²) in [5.41, 5.74) is 2.62. The van der Waals surface area contributed by atoms with Crippen LogP contribution in [0.1, 0.15) is 24.1 Å². The summed E-state index contributed by atoms with van der Waals surface area (Å²) in [5.74, 6) is 0. The molecule has 2 nitrogen and oxygen atoms in total. The molecule has 1 atom stereocenters. The van der Waals surface area contributed by atoms with Crippen LogP contribution >= 0.6 is 22.9 Å². The first kappa shape index (κ1) is 12.0. The average Bonchev–Trinajstić information content (AvgIpc) is 2.85. The van der Waals surface area contributed by atoms with Gasteiger partial charge < -0.3 is 5.32 Å². The summed E-state index contributed by atoms with van der Waals surface area (Å²) in [7, 11) is 0. The van der Waals surface area contributed by atoms with Crippen LogP contribution in [-0.4, -0.2) is 0 Å². The highest BCUT2D eigenvalue weighted by molar-refractivity contribution is 7.08. The molecule has 0 aliphatic carbocycles. The second-order valence-corrected chi connectivity index (χ2v) is 4.92. The van der Waals surface area contributed by atoms with Gasteiger partial charge in [0.15, 0.2) is 0 Å². The van der Waals surface area contributed by atoms with Gasteiger partial charge >= 0.3 is 0 Å². The van der Waals surface area contributed by atoms with Crippen LogP contribution in [0.5, 0.6) is 0 Å². The molecule has 0 fully saturated rings. The van der Waals surface area contributed by atoms with Crippen molar-refractivity contribution in [3.05, 3.63) is 51.2 Å². The van der Waals surface area contributed by atoms with Crippen LogP contribution in [-0.2, 0) is 0 Å². The number of rotatable bonds is 3. The summed E-state index contributed by atoms with van der Waals surface area (Å²) in [4.78, 5) is 0. The van der Waals surface area contributed by atoms with E-state index in [0.717, 1.165) is 5.69 Å². The molecule has 86 valence electrons. The van der Waals surface area contributed by atoms with Crippen molar-refractivity contribution in [1.29, 1.82) is 5.26 Å². The zero-order chi connectivity index (χ0) is 12.3. The highest BCUT2D eigenvalue weighted by Crippen LogP contribution is 2.27. The SMILES string of the molecule is CC(Nc1cc(C#N)ccc1Cl)c1ccsc1. The Balaban J connectivity index is 2.21. The number of nitrogens with one attached hydrogen (secondary N) is 1. The van der Waals surface area contributed by atoms with Crippen LogP contribution in [0.15, 0.2) is 35.0 Å². The van der Waals surface area contributed by atoms with Crippen LogP contribution in [0.2, 0.25) is 5.02 Å². The van der Waals surface area contributed by atoms with Gasteiger partial charge in [0.1, 0.15) is 0 Å². The number of hydrogen-bond donors (Lipinski definition) is 1. The minimum atomic E-state index is 0.174. The molecule has 0 radical (unpaired) electrons. The van der Waals surface area contributed by atoms with E-state index in [4.69, 9.17) is 16.9 Å². The number of hydrogen-bond acceptors (Lipinski definition) is 3. The van der Waals surface area contributed by atoms with Gasteiger partial charge in [-0.1, -0.05) is 11.6 Å². The molecule has 4 heteroatoms. The maximum Gasteiger partial charge on any atom is 0.0992 e. The molecule has 1 aromatic carbocycles. The first-order valence-corrected chi connectivity index (χ1v) is 6.51.